The first-order valence-corrected chi connectivity index (χ1v) is 5.51. The van der Waals surface area contributed by atoms with Gasteiger partial charge in [-0.3, -0.25) is 0 Å². The fourth-order valence-corrected chi connectivity index (χ4v) is 1.80. The molecule has 0 saturated carbocycles. The Morgan fingerprint density at radius 2 is 1.75 bits per heavy atom. The minimum Gasteiger partial charge on any atom is -0.396 e. The van der Waals surface area contributed by atoms with E-state index in [0.717, 1.165) is 5.69 Å². The fourth-order valence-electron chi connectivity index (χ4n) is 1.80. The topological polar surface area (TPSA) is 43.7 Å². The van der Waals surface area contributed by atoms with E-state index in [1.165, 1.54) is 5.56 Å². The van der Waals surface area contributed by atoms with E-state index >= 15 is 0 Å². The van der Waals surface area contributed by atoms with E-state index in [0.29, 0.717) is 6.54 Å². The third-order valence-electron chi connectivity index (χ3n) is 2.91. The summed E-state index contributed by atoms with van der Waals surface area (Å²) in [5, 5.41) is 18.5. The van der Waals surface area contributed by atoms with E-state index in [-0.39, 0.29) is 13.2 Å². The standard InChI is InChI=1S/C13H21NO2/c1-11-6-4-5-7-12(11)14(3)8-13(2,9-15)10-16/h4-7,15-16H,8-10H2,1-3H3. The van der Waals surface area contributed by atoms with Crippen LogP contribution in [0.5, 0.6) is 0 Å². The SMILES string of the molecule is Cc1ccccc1N(C)CC(C)(CO)CO. The van der Waals surface area contributed by atoms with Crippen LogP contribution in [0.2, 0.25) is 0 Å². The molecule has 0 saturated heterocycles. The van der Waals surface area contributed by atoms with Gasteiger partial charge >= 0.3 is 0 Å². The Hall–Kier alpha value is -1.06. The van der Waals surface area contributed by atoms with Gasteiger partial charge in [0.1, 0.15) is 0 Å². The van der Waals surface area contributed by atoms with Crippen LogP contribution in [0.4, 0.5) is 5.69 Å². The summed E-state index contributed by atoms with van der Waals surface area (Å²) in [4.78, 5) is 2.07. The second-order valence-corrected chi connectivity index (χ2v) is 4.77. The van der Waals surface area contributed by atoms with E-state index in [1.54, 1.807) is 0 Å². The molecule has 0 fully saturated rings. The molecule has 16 heavy (non-hydrogen) atoms. The molecule has 1 aromatic rings. The molecule has 3 nitrogen and oxygen atoms in total. The molecular formula is C13H21NO2. The van der Waals surface area contributed by atoms with Crippen molar-refractivity contribution in [3.63, 3.8) is 0 Å². The molecule has 0 atom stereocenters. The number of aliphatic hydroxyl groups is 2. The monoisotopic (exact) mass is 223 g/mol. The Kier molecular flexibility index (Phi) is 4.33. The zero-order chi connectivity index (χ0) is 12.2. The number of benzene rings is 1. The maximum Gasteiger partial charge on any atom is 0.0523 e. The van der Waals surface area contributed by atoms with Crippen molar-refractivity contribution in [3.05, 3.63) is 29.8 Å². The molecule has 0 aliphatic carbocycles. The molecule has 0 aromatic heterocycles. The number of aliphatic hydroxyl groups excluding tert-OH is 2. The lowest BCUT2D eigenvalue weighted by Crippen LogP contribution is -2.39. The van der Waals surface area contributed by atoms with Gasteiger partial charge in [-0.15, -0.1) is 0 Å². The van der Waals surface area contributed by atoms with Crippen molar-refractivity contribution in [2.45, 2.75) is 13.8 Å². The van der Waals surface area contributed by atoms with E-state index in [4.69, 9.17) is 0 Å². The highest BCUT2D eigenvalue weighted by molar-refractivity contribution is 5.52. The van der Waals surface area contributed by atoms with Crippen LogP contribution >= 0.6 is 0 Å². The van der Waals surface area contributed by atoms with Crippen LogP contribution in [0.15, 0.2) is 24.3 Å². The lowest BCUT2D eigenvalue weighted by molar-refractivity contribution is 0.0762. The van der Waals surface area contributed by atoms with Crippen LogP contribution in [0.1, 0.15) is 12.5 Å². The van der Waals surface area contributed by atoms with Gasteiger partial charge in [-0.25, -0.2) is 0 Å². The summed E-state index contributed by atoms with van der Waals surface area (Å²) in [7, 11) is 1.98. The van der Waals surface area contributed by atoms with Gasteiger partial charge in [-0.1, -0.05) is 25.1 Å². The number of anilines is 1. The van der Waals surface area contributed by atoms with E-state index in [2.05, 4.69) is 17.9 Å². The normalized spacial score (nSPS) is 11.6. The van der Waals surface area contributed by atoms with Crippen molar-refractivity contribution >= 4 is 5.69 Å². The molecule has 0 radical (unpaired) electrons. The van der Waals surface area contributed by atoms with Crippen molar-refractivity contribution in [1.82, 2.24) is 0 Å². The number of rotatable bonds is 5. The molecule has 0 spiro atoms. The van der Waals surface area contributed by atoms with Gasteiger partial charge < -0.3 is 15.1 Å². The fraction of sp³-hybridized carbons (Fsp3) is 0.538. The molecule has 0 heterocycles. The molecule has 90 valence electrons. The molecular weight excluding hydrogens is 202 g/mol. The Bertz CT molecular complexity index is 334. The van der Waals surface area contributed by atoms with Gasteiger partial charge in [0.2, 0.25) is 0 Å². The molecule has 0 bridgehead atoms. The highest BCUT2D eigenvalue weighted by atomic mass is 16.3. The molecule has 0 aliphatic rings. The number of para-hydroxylation sites is 1. The lowest BCUT2D eigenvalue weighted by atomic mass is 9.92. The summed E-state index contributed by atoms with van der Waals surface area (Å²) in [5.41, 5.74) is 1.87. The van der Waals surface area contributed by atoms with Crippen molar-refractivity contribution < 1.29 is 10.2 Å². The van der Waals surface area contributed by atoms with Crippen molar-refractivity contribution in [1.29, 1.82) is 0 Å². The lowest BCUT2D eigenvalue weighted by Gasteiger charge is -2.32. The average molecular weight is 223 g/mol. The predicted octanol–water partition coefficient (Wildman–Crippen LogP) is 1.42. The maximum atomic E-state index is 9.26. The van der Waals surface area contributed by atoms with Gasteiger partial charge in [-0.2, -0.15) is 0 Å². The Labute approximate surface area is 97.3 Å². The van der Waals surface area contributed by atoms with Gasteiger partial charge in [0.25, 0.3) is 0 Å². The van der Waals surface area contributed by atoms with E-state index < -0.39 is 5.41 Å². The number of aryl methyl sites for hydroxylation is 1. The minimum atomic E-state index is -0.461. The van der Waals surface area contributed by atoms with Crippen molar-refractivity contribution in [3.8, 4) is 0 Å². The van der Waals surface area contributed by atoms with E-state index in [9.17, 15) is 10.2 Å². The largest absolute Gasteiger partial charge is 0.396 e. The maximum absolute atomic E-state index is 9.26. The molecule has 0 amide bonds. The summed E-state index contributed by atoms with van der Waals surface area (Å²) >= 11 is 0. The average Bonchev–Trinajstić information content (AvgIpc) is 2.29. The third kappa shape index (κ3) is 2.97. The second-order valence-electron chi connectivity index (χ2n) is 4.77. The third-order valence-corrected chi connectivity index (χ3v) is 2.91. The van der Waals surface area contributed by atoms with Crippen molar-refractivity contribution in [2.24, 2.45) is 5.41 Å². The van der Waals surface area contributed by atoms with Crippen LogP contribution in [0.3, 0.4) is 0 Å². The summed E-state index contributed by atoms with van der Waals surface area (Å²) < 4.78 is 0. The summed E-state index contributed by atoms with van der Waals surface area (Å²) in [6, 6.07) is 8.10. The first kappa shape index (κ1) is 13.0. The molecule has 3 heteroatoms. The molecule has 1 aromatic carbocycles. The van der Waals surface area contributed by atoms with E-state index in [1.807, 2.05) is 32.2 Å². The zero-order valence-corrected chi connectivity index (χ0v) is 10.3. The first-order chi connectivity index (χ1) is 7.52. The van der Waals surface area contributed by atoms with Gasteiger partial charge in [-0.05, 0) is 18.6 Å². The predicted molar refractivity (Wildman–Crippen MR) is 66.7 cm³/mol. The molecule has 2 N–H and O–H groups in total. The summed E-state index contributed by atoms with van der Waals surface area (Å²) in [6.45, 7) is 4.53. The van der Waals surface area contributed by atoms with Crippen molar-refractivity contribution in [2.75, 3.05) is 31.7 Å². The molecule has 0 unspecified atom stereocenters. The number of hydrogen-bond donors (Lipinski definition) is 2. The Balaban J connectivity index is 2.80. The molecule has 1 rings (SSSR count). The van der Waals surface area contributed by atoms with Crippen LogP contribution in [0.25, 0.3) is 0 Å². The van der Waals surface area contributed by atoms with Crippen LogP contribution in [-0.2, 0) is 0 Å². The van der Waals surface area contributed by atoms with Gasteiger partial charge in [0, 0.05) is 24.7 Å². The Morgan fingerprint density at radius 1 is 1.19 bits per heavy atom. The first-order valence-electron chi connectivity index (χ1n) is 5.51. The highest BCUT2D eigenvalue weighted by Crippen LogP contribution is 2.23. The molecule has 0 aliphatic heterocycles. The summed E-state index contributed by atoms with van der Waals surface area (Å²) in [6.07, 6.45) is 0. The zero-order valence-electron chi connectivity index (χ0n) is 10.3. The number of hydrogen-bond acceptors (Lipinski definition) is 3. The minimum absolute atomic E-state index is 0.0142. The van der Waals surface area contributed by atoms with Crippen LogP contribution in [-0.4, -0.2) is 37.0 Å². The van der Waals surface area contributed by atoms with Crippen LogP contribution in [0, 0.1) is 12.3 Å². The second kappa shape index (κ2) is 5.32. The Morgan fingerprint density at radius 3 is 2.25 bits per heavy atom. The quantitative estimate of drug-likeness (QED) is 0.793. The van der Waals surface area contributed by atoms with Crippen LogP contribution < -0.4 is 4.90 Å². The van der Waals surface area contributed by atoms with Gasteiger partial charge in [0.15, 0.2) is 0 Å². The summed E-state index contributed by atoms with van der Waals surface area (Å²) in [5.74, 6) is 0. The highest BCUT2D eigenvalue weighted by Gasteiger charge is 2.24. The number of nitrogens with zero attached hydrogens (tertiary/aromatic N) is 1. The smallest absolute Gasteiger partial charge is 0.0523 e. The van der Waals surface area contributed by atoms with Gasteiger partial charge in [0.05, 0.1) is 13.2 Å².